The van der Waals surface area contributed by atoms with Crippen LogP contribution in [0.15, 0.2) is 4.99 Å². The van der Waals surface area contributed by atoms with Crippen molar-refractivity contribution in [1.29, 1.82) is 0 Å². The highest BCUT2D eigenvalue weighted by Crippen LogP contribution is 2.69. The van der Waals surface area contributed by atoms with Gasteiger partial charge in [0.2, 0.25) is 0 Å². The fourth-order valence-corrected chi connectivity index (χ4v) is 5.23. The maximum atomic E-state index is 5.10. The third-order valence-corrected chi connectivity index (χ3v) is 6.00. The van der Waals surface area contributed by atoms with E-state index >= 15 is 0 Å². The standard InChI is InChI=1S/C13H21NS/c1-12(2)9-6-4-5-7-13(9)10(12)8-11(14-13)15-3/h9-10H,4-8H2,1-3H3/t9-,10+,13-/m1/s1. The van der Waals surface area contributed by atoms with Gasteiger partial charge in [-0.1, -0.05) is 26.7 Å². The van der Waals surface area contributed by atoms with Crippen LogP contribution in [0.2, 0.25) is 0 Å². The molecular formula is C13H21NS. The van der Waals surface area contributed by atoms with E-state index in [-0.39, 0.29) is 0 Å². The largest absolute Gasteiger partial charge is 0.276 e. The van der Waals surface area contributed by atoms with Crippen molar-refractivity contribution < 1.29 is 0 Å². The second kappa shape index (κ2) is 3.03. The van der Waals surface area contributed by atoms with Crippen LogP contribution >= 0.6 is 11.8 Å². The van der Waals surface area contributed by atoms with Crippen LogP contribution in [0.5, 0.6) is 0 Å². The smallest absolute Gasteiger partial charge is 0.0688 e. The van der Waals surface area contributed by atoms with Gasteiger partial charge in [0.1, 0.15) is 0 Å². The average Bonchev–Trinajstić information content (AvgIpc) is 2.55. The van der Waals surface area contributed by atoms with E-state index in [1.54, 1.807) is 0 Å². The molecule has 0 radical (unpaired) electrons. The van der Waals surface area contributed by atoms with Gasteiger partial charge in [-0.05, 0) is 36.3 Å². The molecule has 1 heterocycles. The lowest BCUT2D eigenvalue weighted by Crippen LogP contribution is -2.65. The van der Waals surface area contributed by atoms with Crippen molar-refractivity contribution in [2.75, 3.05) is 6.26 Å². The molecular weight excluding hydrogens is 202 g/mol. The first-order valence-corrected chi connectivity index (χ1v) is 7.46. The molecule has 15 heavy (non-hydrogen) atoms. The average molecular weight is 223 g/mol. The Balaban J connectivity index is 1.96. The van der Waals surface area contributed by atoms with Gasteiger partial charge in [-0.15, -0.1) is 11.8 Å². The van der Waals surface area contributed by atoms with Crippen LogP contribution in [0, 0.1) is 17.3 Å². The molecule has 0 amide bonds. The summed E-state index contributed by atoms with van der Waals surface area (Å²) in [6.07, 6.45) is 9.10. The minimum absolute atomic E-state index is 0.403. The summed E-state index contributed by atoms with van der Waals surface area (Å²) in [5.41, 5.74) is 0.960. The number of hydrogen-bond acceptors (Lipinski definition) is 2. The summed E-state index contributed by atoms with van der Waals surface area (Å²) in [4.78, 5) is 5.10. The molecule has 3 aliphatic rings. The van der Waals surface area contributed by atoms with Gasteiger partial charge in [0.05, 0.1) is 10.6 Å². The monoisotopic (exact) mass is 223 g/mol. The summed E-state index contributed by atoms with van der Waals surface area (Å²) in [7, 11) is 0. The van der Waals surface area contributed by atoms with E-state index in [0.29, 0.717) is 11.0 Å². The number of thioether (sulfide) groups is 1. The summed E-state index contributed by atoms with van der Waals surface area (Å²) in [6.45, 7) is 4.95. The zero-order valence-corrected chi connectivity index (χ0v) is 10.9. The quantitative estimate of drug-likeness (QED) is 0.609. The third kappa shape index (κ3) is 1.09. The number of nitrogens with zero attached hydrogens (tertiary/aromatic N) is 1. The molecule has 0 unspecified atom stereocenters. The van der Waals surface area contributed by atoms with E-state index in [2.05, 4.69) is 20.1 Å². The SMILES string of the molecule is CSC1=N[C@]23CCCC[C@@H]2C(C)(C)[C@@H]3C1. The van der Waals surface area contributed by atoms with E-state index < -0.39 is 0 Å². The van der Waals surface area contributed by atoms with Crippen molar-refractivity contribution in [2.45, 2.75) is 51.5 Å². The molecule has 2 fully saturated rings. The fourth-order valence-electron chi connectivity index (χ4n) is 4.64. The van der Waals surface area contributed by atoms with Crippen molar-refractivity contribution in [2.24, 2.45) is 22.2 Å². The van der Waals surface area contributed by atoms with E-state index in [9.17, 15) is 0 Å². The number of aliphatic imine (C=N–C) groups is 1. The number of hydrogen-bond donors (Lipinski definition) is 0. The van der Waals surface area contributed by atoms with E-state index in [0.717, 1.165) is 11.8 Å². The number of rotatable bonds is 0. The predicted octanol–water partition coefficient (Wildman–Crippen LogP) is 3.74. The van der Waals surface area contributed by atoms with E-state index in [1.165, 1.54) is 37.1 Å². The second-order valence-electron chi connectivity index (χ2n) is 6.08. The van der Waals surface area contributed by atoms with Crippen LogP contribution in [0.4, 0.5) is 0 Å². The Labute approximate surface area is 97.1 Å². The maximum absolute atomic E-state index is 5.10. The summed E-state index contributed by atoms with van der Waals surface area (Å²) in [6, 6.07) is 0. The Hall–Kier alpha value is 0.0200. The summed E-state index contributed by atoms with van der Waals surface area (Å²) in [5.74, 6) is 1.74. The van der Waals surface area contributed by atoms with Crippen LogP contribution in [0.1, 0.15) is 46.0 Å². The molecule has 1 spiro atoms. The Morgan fingerprint density at radius 1 is 1.27 bits per heavy atom. The summed E-state index contributed by atoms with van der Waals surface area (Å²) >= 11 is 1.88. The van der Waals surface area contributed by atoms with Gasteiger partial charge >= 0.3 is 0 Å². The normalized spacial score (nSPS) is 46.5. The van der Waals surface area contributed by atoms with Crippen molar-refractivity contribution >= 4 is 16.8 Å². The van der Waals surface area contributed by atoms with Gasteiger partial charge in [-0.2, -0.15) is 0 Å². The summed E-state index contributed by atoms with van der Waals surface area (Å²) in [5, 5.41) is 1.43. The van der Waals surface area contributed by atoms with Gasteiger partial charge < -0.3 is 0 Å². The van der Waals surface area contributed by atoms with Gasteiger partial charge in [-0.3, -0.25) is 4.99 Å². The highest BCUT2D eigenvalue weighted by molar-refractivity contribution is 8.13. The minimum atomic E-state index is 0.403. The zero-order chi connectivity index (χ0) is 10.7. The molecule has 0 bridgehead atoms. The van der Waals surface area contributed by atoms with Gasteiger partial charge in [0.15, 0.2) is 0 Å². The first kappa shape index (κ1) is 10.2. The van der Waals surface area contributed by atoms with Crippen LogP contribution < -0.4 is 0 Å². The molecule has 3 rings (SSSR count). The van der Waals surface area contributed by atoms with Crippen LogP contribution in [0.3, 0.4) is 0 Å². The molecule has 0 aromatic rings. The first-order chi connectivity index (χ1) is 7.11. The van der Waals surface area contributed by atoms with Crippen LogP contribution in [-0.2, 0) is 0 Å². The highest BCUT2D eigenvalue weighted by Gasteiger charge is 2.68. The minimum Gasteiger partial charge on any atom is -0.276 e. The zero-order valence-electron chi connectivity index (χ0n) is 10.0. The Kier molecular flexibility index (Phi) is 2.06. The van der Waals surface area contributed by atoms with Crippen molar-refractivity contribution in [3.05, 3.63) is 0 Å². The molecule has 0 aromatic carbocycles. The van der Waals surface area contributed by atoms with Gasteiger partial charge in [0, 0.05) is 6.42 Å². The molecule has 2 aliphatic carbocycles. The highest BCUT2D eigenvalue weighted by atomic mass is 32.2. The van der Waals surface area contributed by atoms with E-state index in [4.69, 9.17) is 4.99 Å². The Bertz CT molecular complexity index is 320. The molecule has 0 N–H and O–H groups in total. The third-order valence-electron chi connectivity index (χ3n) is 5.27. The lowest BCUT2D eigenvalue weighted by atomic mass is 9.41. The molecule has 1 nitrogen and oxygen atoms in total. The first-order valence-electron chi connectivity index (χ1n) is 6.24. The van der Waals surface area contributed by atoms with Crippen molar-refractivity contribution in [3.63, 3.8) is 0 Å². The molecule has 1 aliphatic heterocycles. The Morgan fingerprint density at radius 3 is 2.80 bits per heavy atom. The summed E-state index contributed by atoms with van der Waals surface area (Å²) < 4.78 is 0. The van der Waals surface area contributed by atoms with Gasteiger partial charge in [0.25, 0.3) is 0 Å². The van der Waals surface area contributed by atoms with E-state index in [1.807, 2.05) is 11.8 Å². The fraction of sp³-hybridized carbons (Fsp3) is 0.923. The molecule has 3 atom stereocenters. The molecule has 0 aromatic heterocycles. The topological polar surface area (TPSA) is 12.4 Å². The predicted molar refractivity (Wildman–Crippen MR) is 67.5 cm³/mol. The maximum Gasteiger partial charge on any atom is 0.0688 e. The molecule has 2 heteroatoms. The molecule has 0 saturated heterocycles. The second-order valence-corrected chi connectivity index (χ2v) is 6.96. The van der Waals surface area contributed by atoms with Crippen molar-refractivity contribution in [1.82, 2.24) is 0 Å². The lowest BCUT2D eigenvalue weighted by molar-refractivity contribution is -0.128. The Morgan fingerprint density at radius 2 is 2.07 bits per heavy atom. The molecule has 84 valence electrons. The van der Waals surface area contributed by atoms with Gasteiger partial charge in [-0.25, -0.2) is 0 Å². The molecule has 2 saturated carbocycles. The van der Waals surface area contributed by atoms with Crippen LogP contribution in [-0.4, -0.2) is 16.8 Å². The lowest BCUT2D eigenvalue weighted by Gasteiger charge is -2.65. The van der Waals surface area contributed by atoms with Crippen LogP contribution in [0.25, 0.3) is 0 Å². The van der Waals surface area contributed by atoms with Crippen molar-refractivity contribution in [3.8, 4) is 0 Å².